The molecule has 0 fully saturated rings. The van der Waals surface area contributed by atoms with E-state index in [4.69, 9.17) is 4.42 Å². The van der Waals surface area contributed by atoms with Crippen LogP contribution in [0.4, 0.5) is 0 Å². The van der Waals surface area contributed by atoms with E-state index in [2.05, 4.69) is 5.32 Å². The highest BCUT2D eigenvalue weighted by Gasteiger charge is 2.06. The summed E-state index contributed by atoms with van der Waals surface area (Å²) in [6, 6.07) is 19.3. The molecule has 3 rings (SSSR count). The van der Waals surface area contributed by atoms with Crippen LogP contribution in [0.5, 0.6) is 0 Å². The van der Waals surface area contributed by atoms with E-state index in [0.717, 1.165) is 22.5 Å². The van der Waals surface area contributed by atoms with Crippen molar-refractivity contribution in [2.45, 2.75) is 13.5 Å². The Bertz CT molecular complexity index is 758. The van der Waals surface area contributed by atoms with Gasteiger partial charge in [0.25, 0.3) is 5.91 Å². The monoisotopic (exact) mass is 291 g/mol. The average molecular weight is 291 g/mol. The zero-order chi connectivity index (χ0) is 15.4. The van der Waals surface area contributed by atoms with Crippen molar-refractivity contribution in [2.75, 3.05) is 0 Å². The van der Waals surface area contributed by atoms with Crippen LogP contribution >= 0.6 is 0 Å². The van der Waals surface area contributed by atoms with Crippen molar-refractivity contribution in [3.8, 4) is 11.3 Å². The van der Waals surface area contributed by atoms with Gasteiger partial charge in [0, 0.05) is 17.7 Å². The van der Waals surface area contributed by atoms with E-state index in [-0.39, 0.29) is 5.91 Å². The third-order valence-electron chi connectivity index (χ3n) is 3.50. The highest BCUT2D eigenvalue weighted by atomic mass is 16.3. The van der Waals surface area contributed by atoms with Crippen molar-refractivity contribution in [2.24, 2.45) is 0 Å². The summed E-state index contributed by atoms with van der Waals surface area (Å²) < 4.78 is 5.39. The van der Waals surface area contributed by atoms with E-state index in [1.54, 1.807) is 6.26 Å². The van der Waals surface area contributed by atoms with Gasteiger partial charge in [-0.1, -0.05) is 35.9 Å². The predicted molar refractivity (Wildman–Crippen MR) is 86.5 cm³/mol. The van der Waals surface area contributed by atoms with E-state index < -0.39 is 0 Å². The number of hydrogen-bond donors (Lipinski definition) is 1. The number of carbonyl (C=O) groups is 1. The molecule has 1 heterocycles. The molecule has 0 aliphatic carbocycles. The van der Waals surface area contributed by atoms with Gasteiger partial charge in [0.05, 0.1) is 6.26 Å². The molecule has 3 nitrogen and oxygen atoms in total. The van der Waals surface area contributed by atoms with Gasteiger partial charge in [0.15, 0.2) is 0 Å². The Balaban J connectivity index is 1.67. The Labute approximate surface area is 129 Å². The van der Waals surface area contributed by atoms with E-state index in [0.29, 0.717) is 12.1 Å². The number of amides is 1. The summed E-state index contributed by atoms with van der Waals surface area (Å²) in [5, 5.41) is 2.94. The summed E-state index contributed by atoms with van der Waals surface area (Å²) in [7, 11) is 0. The van der Waals surface area contributed by atoms with Crippen LogP contribution in [-0.4, -0.2) is 5.91 Å². The minimum Gasteiger partial charge on any atom is -0.464 e. The first-order chi connectivity index (χ1) is 10.7. The summed E-state index contributed by atoms with van der Waals surface area (Å²) in [6.07, 6.45) is 1.65. The molecule has 0 saturated heterocycles. The molecular formula is C19H17NO2. The topological polar surface area (TPSA) is 42.2 Å². The Kier molecular flexibility index (Phi) is 4.05. The fourth-order valence-electron chi connectivity index (χ4n) is 2.27. The molecule has 0 radical (unpaired) electrons. The quantitative estimate of drug-likeness (QED) is 0.783. The van der Waals surface area contributed by atoms with Crippen LogP contribution < -0.4 is 5.32 Å². The van der Waals surface area contributed by atoms with E-state index in [1.165, 1.54) is 0 Å². The van der Waals surface area contributed by atoms with Gasteiger partial charge in [-0.15, -0.1) is 0 Å². The molecule has 110 valence electrons. The predicted octanol–water partition coefficient (Wildman–Crippen LogP) is 4.19. The lowest BCUT2D eigenvalue weighted by molar-refractivity contribution is 0.0951. The van der Waals surface area contributed by atoms with E-state index in [9.17, 15) is 4.79 Å². The molecule has 3 heteroatoms. The molecular weight excluding hydrogens is 274 g/mol. The van der Waals surface area contributed by atoms with Crippen LogP contribution in [0.1, 0.15) is 21.5 Å². The second kappa shape index (κ2) is 6.31. The number of nitrogens with one attached hydrogen (secondary N) is 1. The number of rotatable bonds is 4. The van der Waals surface area contributed by atoms with Crippen LogP contribution in [0.25, 0.3) is 11.3 Å². The summed E-state index contributed by atoms with van der Waals surface area (Å²) in [5.41, 5.74) is 3.86. The van der Waals surface area contributed by atoms with Gasteiger partial charge in [-0.05, 0) is 42.8 Å². The van der Waals surface area contributed by atoms with E-state index in [1.807, 2.05) is 67.6 Å². The second-order valence-corrected chi connectivity index (χ2v) is 5.23. The number of aryl methyl sites for hydroxylation is 1. The van der Waals surface area contributed by atoms with Gasteiger partial charge in [-0.2, -0.15) is 0 Å². The molecule has 0 bridgehead atoms. The fraction of sp³-hybridized carbons (Fsp3) is 0.105. The first-order valence-electron chi connectivity index (χ1n) is 7.20. The van der Waals surface area contributed by atoms with Gasteiger partial charge < -0.3 is 9.73 Å². The second-order valence-electron chi connectivity index (χ2n) is 5.23. The smallest absolute Gasteiger partial charge is 0.251 e. The van der Waals surface area contributed by atoms with Crippen molar-refractivity contribution in [3.05, 3.63) is 83.6 Å². The van der Waals surface area contributed by atoms with Gasteiger partial charge in [-0.3, -0.25) is 4.79 Å². The van der Waals surface area contributed by atoms with Crippen molar-refractivity contribution in [1.82, 2.24) is 5.32 Å². The largest absolute Gasteiger partial charge is 0.464 e. The number of hydrogen-bond acceptors (Lipinski definition) is 2. The van der Waals surface area contributed by atoms with Crippen LogP contribution in [0.15, 0.2) is 71.3 Å². The van der Waals surface area contributed by atoms with Crippen molar-refractivity contribution in [1.29, 1.82) is 0 Å². The van der Waals surface area contributed by atoms with Crippen molar-refractivity contribution < 1.29 is 9.21 Å². The molecule has 0 aliphatic heterocycles. The molecule has 3 aromatic rings. The molecule has 1 aromatic heterocycles. The minimum absolute atomic E-state index is 0.0663. The van der Waals surface area contributed by atoms with Crippen LogP contribution in [0.2, 0.25) is 0 Å². The summed E-state index contributed by atoms with van der Waals surface area (Å²) in [5.74, 6) is 0.759. The molecule has 1 amide bonds. The molecule has 22 heavy (non-hydrogen) atoms. The lowest BCUT2D eigenvalue weighted by atomic mass is 10.1. The third kappa shape index (κ3) is 3.26. The number of benzene rings is 2. The normalized spacial score (nSPS) is 10.4. The van der Waals surface area contributed by atoms with Crippen LogP contribution in [0, 0.1) is 6.92 Å². The fourth-order valence-corrected chi connectivity index (χ4v) is 2.27. The van der Waals surface area contributed by atoms with Crippen molar-refractivity contribution >= 4 is 5.91 Å². The Morgan fingerprint density at radius 3 is 2.59 bits per heavy atom. The Morgan fingerprint density at radius 1 is 1.05 bits per heavy atom. The van der Waals surface area contributed by atoms with Gasteiger partial charge in [0.2, 0.25) is 0 Å². The molecule has 0 atom stereocenters. The maximum atomic E-state index is 12.1. The summed E-state index contributed by atoms with van der Waals surface area (Å²) >= 11 is 0. The first-order valence-corrected chi connectivity index (χ1v) is 7.20. The third-order valence-corrected chi connectivity index (χ3v) is 3.50. The van der Waals surface area contributed by atoms with Gasteiger partial charge in [0.1, 0.15) is 5.76 Å². The summed E-state index contributed by atoms with van der Waals surface area (Å²) in [4.78, 5) is 12.1. The molecule has 0 saturated carbocycles. The molecule has 2 aromatic carbocycles. The summed E-state index contributed by atoms with van der Waals surface area (Å²) in [6.45, 7) is 2.49. The van der Waals surface area contributed by atoms with E-state index >= 15 is 0 Å². The molecule has 0 spiro atoms. The lowest BCUT2D eigenvalue weighted by Crippen LogP contribution is -2.22. The lowest BCUT2D eigenvalue weighted by Gasteiger charge is -2.07. The number of furan rings is 1. The SMILES string of the molecule is Cc1ccc(C(=O)NCc2cccc(-c3ccco3)c2)cc1. The Hall–Kier alpha value is -2.81. The van der Waals surface area contributed by atoms with Gasteiger partial charge in [-0.25, -0.2) is 0 Å². The highest BCUT2D eigenvalue weighted by molar-refractivity contribution is 5.94. The number of carbonyl (C=O) groups excluding carboxylic acids is 1. The van der Waals surface area contributed by atoms with Crippen molar-refractivity contribution in [3.63, 3.8) is 0 Å². The zero-order valence-electron chi connectivity index (χ0n) is 12.4. The maximum absolute atomic E-state index is 12.1. The molecule has 0 aliphatic rings. The van der Waals surface area contributed by atoms with Crippen LogP contribution in [0.3, 0.4) is 0 Å². The molecule has 1 N–H and O–H groups in total. The average Bonchev–Trinajstić information content (AvgIpc) is 3.08. The first kappa shape index (κ1) is 14.1. The minimum atomic E-state index is -0.0663. The highest BCUT2D eigenvalue weighted by Crippen LogP contribution is 2.20. The van der Waals surface area contributed by atoms with Gasteiger partial charge >= 0.3 is 0 Å². The van der Waals surface area contributed by atoms with Crippen LogP contribution in [-0.2, 0) is 6.54 Å². The molecule has 0 unspecified atom stereocenters. The standard InChI is InChI=1S/C19H17NO2/c1-14-7-9-16(10-8-14)19(21)20-13-15-4-2-5-17(12-15)18-6-3-11-22-18/h2-12H,13H2,1H3,(H,20,21). The Morgan fingerprint density at radius 2 is 1.86 bits per heavy atom. The zero-order valence-corrected chi connectivity index (χ0v) is 12.4. The maximum Gasteiger partial charge on any atom is 0.251 e.